The van der Waals surface area contributed by atoms with E-state index in [1.54, 1.807) is 5.57 Å². The van der Waals surface area contributed by atoms with Crippen molar-refractivity contribution in [2.75, 3.05) is 0 Å². The Morgan fingerprint density at radius 1 is 0.649 bits per heavy atom. The SMILES string of the molecule is CC1=CC=CC2[CH]([Zr+2]([C]3=CC(C(C)(C)C)=CC3C)=[C](Cc3ccccc3)Cc3ccccc3)C3(C)C4(C)C=CC=CC4(C)C4(C)C=CC=CC4(C)C3(C)C12C.[Cl-].[Cl-]. The summed E-state index contributed by atoms with van der Waals surface area (Å²) >= 11 is -2.98. The maximum atomic E-state index is 2.85. The fourth-order valence-electron chi connectivity index (χ4n) is 14.3. The van der Waals surface area contributed by atoms with Crippen molar-refractivity contribution < 1.29 is 46.1 Å². The predicted molar refractivity (Wildman–Crippen MR) is 234 cm³/mol. The van der Waals surface area contributed by atoms with Crippen molar-refractivity contribution in [3.63, 3.8) is 0 Å². The predicted octanol–water partition coefficient (Wildman–Crippen LogP) is 8.02. The van der Waals surface area contributed by atoms with Gasteiger partial charge < -0.3 is 24.8 Å². The minimum Gasteiger partial charge on any atom is -1.00 e. The Balaban J connectivity index is 0.00000275. The molecule has 0 aromatic heterocycles. The average Bonchev–Trinajstić information content (AvgIpc) is 3.62. The van der Waals surface area contributed by atoms with E-state index in [9.17, 15) is 0 Å². The molecule has 2 fully saturated rings. The minimum atomic E-state index is -2.98. The summed E-state index contributed by atoms with van der Waals surface area (Å²) in [5.41, 5.74) is 5.48. The number of rotatable bonds is 6. The number of halogens is 2. The Kier molecular flexibility index (Phi) is 11.4. The number of fused-ring (bicyclic) bond motifs is 8. The fourth-order valence-corrected chi connectivity index (χ4v) is 26.2. The first-order chi connectivity index (χ1) is 25.9. The van der Waals surface area contributed by atoms with Crippen LogP contribution in [0, 0.1) is 55.2 Å². The topological polar surface area (TPSA) is 0 Å². The van der Waals surface area contributed by atoms with Gasteiger partial charge in [-0.25, -0.2) is 0 Å². The molecule has 10 atom stereocenters. The number of benzene rings is 2. The molecule has 3 heteroatoms. The van der Waals surface area contributed by atoms with E-state index in [0.717, 1.165) is 12.8 Å². The van der Waals surface area contributed by atoms with Gasteiger partial charge >= 0.3 is 344 Å². The minimum absolute atomic E-state index is 0. The van der Waals surface area contributed by atoms with Crippen LogP contribution < -0.4 is 24.8 Å². The first-order valence-electron chi connectivity index (χ1n) is 21.2. The van der Waals surface area contributed by atoms with Crippen molar-refractivity contribution in [1.29, 1.82) is 0 Å². The molecule has 0 radical (unpaired) electrons. The zero-order chi connectivity index (χ0) is 39.5. The van der Waals surface area contributed by atoms with E-state index in [1.165, 1.54) is 16.7 Å². The monoisotopic (exact) mass is 874 g/mol. The molecule has 300 valence electrons. The second-order valence-corrected chi connectivity index (χ2v) is 27.3. The largest absolute Gasteiger partial charge is 1.00 e. The van der Waals surface area contributed by atoms with Gasteiger partial charge in [0.15, 0.2) is 0 Å². The van der Waals surface area contributed by atoms with Crippen LogP contribution in [0.5, 0.6) is 0 Å². The van der Waals surface area contributed by atoms with E-state index < -0.39 is 21.3 Å². The van der Waals surface area contributed by atoms with Crippen LogP contribution >= 0.6 is 0 Å². The average molecular weight is 877 g/mol. The molecule has 57 heavy (non-hydrogen) atoms. The van der Waals surface area contributed by atoms with Gasteiger partial charge in [-0.1, -0.05) is 0 Å². The number of allylic oxidation sites excluding steroid dienone is 16. The molecule has 0 aliphatic heterocycles. The Bertz CT molecular complexity index is 2150. The zero-order valence-electron chi connectivity index (χ0n) is 36.7. The van der Waals surface area contributed by atoms with Crippen LogP contribution in [0.3, 0.4) is 0 Å². The van der Waals surface area contributed by atoms with Gasteiger partial charge in [-0.15, -0.1) is 0 Å². The zero-order valence-corrected chi connectivity index (χ0v) is 40.7. The van der Waals surface area contributed by atoms with E-state index in [2.05, 4.69) is 223 Å². The summed E-state index contributed by atoms with van der Waals surface area (Å²) in [5, 5.41) is 0. The van der Waals surface area contributed by atoms with Crippen molar-refractivity contribution >= 4 is 3.21 Å². The van der Waals surface area contributed by atoms with E-state index in [4.69, 9.17) is 0 Å². The van der Waals surface area contributed by atoms with Gasteiger partial charge in [-0.2, -0.15) is 0 Å². The van der Waals surface area contributed by atoms with Crippen LogP contribution in [0.15, 0.2) is 154 Å². The normalized spacial score (nSPS) is 39.2. The first kappa shape index (κ1) is 44.3. The molecule has 8 rings (SSSR count). The molecule has 6 aliphatic rings. The van der Waals surface area contributed by atoms with Gasteiger partial charge in [0.25, 0.3) is 0 Å². The third-order valence-electron chi connectivity index (χ3n) is 18.1. The van der Waals surface area contributed by atoms with Crippen LogP contribution in [-0.2, 0) is 34.1 Å². The maximum absolute atomic E-state index is 2.98. The Labute approximate surface area is 366 Å². The van der Waals surface area contributed by atoms with Crippen LogP contribution in [0.25, 0.3) is 0 Å². The smallest absolute Gasteiger partial charge is 1.00 e. The van der Waals surface area contributed by atoms with Gasteiger partial charge in [0.2, 0.25) is 0 Å². The standard InChI is InChI=1S/C29H37.C15H14.C10H15.2ClH.Zr/c1-21-14-13-15-22-20-27(6)25(4)18-10-9-16-23(25,2)24(3)17-11-12-19-26(24,5)29(27,8)28(21,22)7;1-3-8-14(9-4-1)12-7-13-15-10-5-2-6-11-15;1-8-5-6-9(7-8)10(2,3)4;;;/h9-20,22H,1-8H3;1-6,8-11H,12-13H2;6-8H,1-4H3;2*1H;/q;;;;;+2/p-2. The van der Waals surface area contributed by atoms with E-state index in [-0.39, 0.29) is 68.1 Å². The van der Waals surface area contributed by atoms with Gasteiger partial charge in [-0.05, 0) is 0 Å². The molecule has 2 saturated carbocycles. The summed E-state index contributed by atoms with van der Waals surface area (Å²) in [6, 6.07) is 23.0. The summed E-state index contributed by atoms with van der Waals surface area (Å²) in [6.45, 7) is 31.4. The number of hydrogen-bond donors (Lipinski definition) is 0. The van der Waals surface area contributed by atoms with E-state index in [0.29, 0.717) is 15.5 Å². The second-order valence-electron chi connectivity index (χ2n) is 20.6. The molecule has 10 unspecified atom stereocenters. The van der Waals surface area contributed by atoms with E-state index >= 15 is 0 Å². The molecule has 0 bridgehead atoms. The van der Waals surface area contributed by atoms with Crippen molar-refractivity contribution in [3.8, 4) is 0 Å². The van der Waals surface area contributed by atoms with Crippen molar-refractivity contribution in [2.24, 2.45) is 55.2 Å². The molecular weight excluding hydrogens is 811 g/mol. The van der Waals surface area contributed by atoms with Gasteiger partial charge in [0, 0.05) is 0 Å². The molecule has 0 nitrogen and oxygen atoms in total. The summed E-state index contributed by atoms with van der Waals surface area (Å²) in [4.78, 5) is 0. The molecule has 2 aromatic carbocycles. The van der Waals surface area contributed by atoms with Gasteiger partial charge in [-0.3, -0.25) is 0 Å². The van der Waals surface area contributed by atoms with Crippen LogP contribution in [0.1, 0.15) is 94.2 Å². The summed E-state index contributed by atoms with van der Waals surface area (Å²) in [5.74, 6) is 0.869. The molecule has 0 N–H and O–H groups in total. The third-order valence-corrected chi connectivity index (χ3v) is 27.7. The van der Waals surface area contributed by atoms with Gasteiger partial charge in [0.05, 0.1) is 0 Å². The molecule has 2 aromatic rings. The summed E-state index contributed by atoms with van der Waals surface area (Å²) < 4.78 is 4.21. The molecule has 6 aliphatic carbocycles. The van der Waals surface area contributed by atoms with E-state index in [1.807, 2.05) is 6.49 Å². The Morgan fingerprint density at radius 2 is 1.12 bits per heavy atom. The molecule has 0 saturated heterocycles. The number of hydrogen-bond acceptors (Lipinski definition) is 0. The Hall–Kier alpha value is -2.31. The third kappa shape index (κ3) is 5.56. The molecular formula is C54H66Cl2Zr. The molecule has 0 heterocycles. The van der Waals surface area contributed by atoms with Crippen LogP contribution in [-0.4, -0.2) is 3.21 Å². The fraction of sp³-hybridized carbons (Fsp3) is 0.463. The van der Waals surface area contributed by atoms with Crippen molar-refractivity contribution in [2.45, 2.75) is 99.6 Å². The van der Waals surface area contributed by atoms with Crippen LogP contribution in [0.2, 0.25) is 3.63 Å². The summed E-state index contributed by atoms with van der Waals surface area (Å²) in [7, 11) is 0. The quantitative estimate of drug-likeness (QED) is 0.276. The second kappa shape index (κ2) is 14.7. The molecule has 0 amide bonds. The van der Waals surface area contributed by atoms with Crippen LogP contribution in [0.4, 0.5) is 0 Å². The van der Waals surface area contributed by atoms with Crippen molar-refractivity contribution in [1.82, 2.24) is 0 Å². The summed E-state index contributed by atoms with van der Waals surface area (Å²) in [6.07, 6.45) is 35.6. The Morgan fingerprint density at radius 3 is 1.61 bits per heavy atom. The first-order valence-corrected chi connectivity index (χ1v) is 25.1. The molecule has 0 spiro atoms. The van der Waals surface area contributed by atoms with Crippen molar-refractivity contribution in [3.05, 3.63) is 165 Å². The maximum Gasteiger partial charge on any atom is -1.00 e. The van der Waals surface area contributed by atoms with Gasteiger partial charge in [0.1, 0.15) is 0 Å².